The van der Waals surface area contributed by atoms with Crippen LogP contribution >= 0.6 is 0 Å². The molecule has 2 aromatic rings. The molecular weight excluding hydrogens is 296 g/mol. The van der Waals surface area contributed by atoms with Crippen LogP contribution in [-0.2, 0) is 0 Å². The topological polar surface area (TPSA) is 73.4 Å². The van der Waals surface area contributed by atoms with Gasteiger partial charge in [-0.05, 0) is 24.5 Å². The maximum atomic E-state index is 11.5. The zero-order chi connectivity index (χ0) is 16.4. The van der Waals surface area contributed by atoms with Gasteiger partial charge in [0, 0.05) is 25.5 Å². The molecule has 0 bridgehead atoms. The van der Waals surface area contributed by atoms with E-state index in [0.717, 1.165) is 13.0 Å². The first kappa shape index (κ1) is 15.3. The summed E-state index contributed by atoms with van der Waals surface area (Å²) in [5, 5.41) is 11.5. The van der Waals surface area contributed by atoms with Crippen LogP contribution in [0.1, 0.15) is 19.4 Å². The second-order valence-corrected chi connectivity index (χ2v) is 5.87. The minimum Gasteiger partial charge on any atom is -0.490 e. The summed E-state index contributed by atoms with van der Waals surface area (Å²) in [5.41, 5.74) is 0.653. The fourth-order valence-corrected chi connectivity index (χ4v) is 3.24. The van der Waals surface area contributed by atoms with Gasteiger partial charge in [-0.15, -0.1) is 0 Å². The standard InChI is InChI=1S/C16H20N4O3/c1-12-6-8-18(10-14(12)19-9-7-17-11-19)13-4-3-5-15(23-2)16(13)20(21)22/h3-5,7,9,11-12,14H,6,8,10H2,1-2H3/t12-,14+/m0/s1. The molecule has 0 spiro atoms. The highest BCUT2D eigenvalue weighted by molar-refractivity contribution is 5.70. The predicted octanol–water partition coefficient (Wildman–Crippen LogP) is 2.89. The Morgan fingerprint density at radius 1 is 1.43 bits per heavy atom. The average Bonchev–Trinajstić information content (AvgIpc) is 3.08. The van der Waals surface area contributed by atoms with Crippen LogP contribution < -0.4 is 9.64 Å². The van der Waals surface area contributed by atoms with E-state index in [1.807, 2.05) is 12.5 Å². The number of ether oxygens (including phenoxy) is 1. The van der Waals surface area contributed by atoms with E-state index in [0.29, 0.717) is 23.9 Å². The number of para-hydroxylation sites is 1. The van der Waals surface area contributed by atoms with Gasteiger partial charge in [0.15, 0.2) is 5.75 Å². The van der Waals surface area contributed by atoms with Gasteiger partial charge in [0.05, 0.1) is 24.4 Å². The Labute approximate surface area is 134 Å². The number of aromatic nitrogens is 2. The van der Waals surface area contributed by atoms with Gasteiger partial charge in [-0.3, -0.25) is 10.1 Å². The second kappa shape index (κ2) is 6.28. The number of rotatable bonds is 4. The fourth-order valence-electron chi connectivity index (χ4n) is 3.24. The molecule has 0 unspecified atom stereocenters. The van der Waals surface area contributed by atoms with Crippen LogP contribution in [0.4, 0.5) is 11.4 Å². The Balaban J connectivity index is 1.94. The molecule has 7 nitrogen and oxygen atoms in total. The minimum absolute atomic E-state index is 0.0361. The summed E-state index contributed by atoms with van der Waals surface area (Å²) in [5.74, 6) is 0.787. The summed E-state index contributed by atoms with van der Waals surface area (Å²) in [7, 11) is 1.46. The Hall–Kier alpha value is -2.57. The number of imidazole rings is 1. The molecule has 1 saturated heterocycles. The van der Waals surface area contributed by atoms with Gasteiger partial charge in [-0.1, -0.05) is 13.0 Å². The number of methoxy groups -OCH3 is 1. The summed E-state index contributed by atoms with van der Waals surface area (Å²) >= 11 is 0. The number of nitro groups is 1. The summed E-state index contributed by atoms with van der Waals surface area (Å²) in [4.78, 5) is 17.3. The van der Waals surface area contributed by atoms with Crippen molar-refractivity contribution in [2.45, 2.75) is 19.4 Å². The minimum atomic E-state index is -0.363. The third kappa shape index (κ3) is 2.86. The molecule has 1 aliphatic rings. The molecule has 2 heterocycles. The zero-order valence-electron chi connectivity index (χ0n) is 13.3. The Kier molecular flexibility index (Phi) is 4.18. The van der Waals surface area contributed by atoms with Crippen LogP contribution in [0.15, 0.2) is 36.9 Å². The van der Waals surface area contributed by atoms with E-state index in [4.69, 9.17) is 4.74 Å². The van der Waals surface area contributed by atoms with Crippen molar-refractivity contribution < 1.29 is 9.66 Å². The molecule has 3 rings (SSSR count). The monoisotopic (exact) mass is 316 g/mol. The van der Waals surface area contributed by atoms with Crippen molar-refractivity contribution in [3.63, 3.8) is 0 Å². The van der Waals surface area contributed by atoms with Gasteiger partial charge >= 0.3 is 5.69 Å². The van der Waals surface area contributed by atoms with E-state index in [1.54, 1.807) is 24.4 Å². The Bertz CT molecular complexity index is 687. The van der Waals surface area contributed by atoms with E-state index in [9.17, 15) is 10.1 Å². The molecular formula is C16H20N4O3. The number of hydrogen-bond acceptors (Lipinski definition) is 5. The average molecular weight is 316 g/mol. The van der Waals surface area contributed by atoms with Gasteiger partial charge in [0.1, 0.15) is 5.69 Å². The Morgan fingerprint density at radius 3 is 2.91 bits per heavy atom. The number of nitro benzene ring substituents is 1. The molecule has 1 aliphatic heterocycles. The van der Waals surface area contributed by atoms with Gasteiger partial charge in [0.25, 0.3) is 0 Å². The van der Waals surface area contributed by atoms with Gasteiger partial charge in [0.2, 0.25) is 0 Å². The normalized spacial score (nSPS) is 21.2. The molecule has 0 saturated carbocycles. The maximum Gasteiger partial charge on any atom is 0.333 e. The van der Waals surface area contributed by atoms with Crippen molar-refractivity contribution in [1.82, 2.24) is 9.55 Å². The van der Waals surface area contributed by atoms with Crippen molar-refractivity contribution in [3.05, 3.63) is 47.0 Å². The van der Waals surface area contributed by atoms with E-state index in [2.05, 4.69) is 21.4 Å². The molecule has 23 heavy (non-hydrogen) atoms. The first-order valence-electron chi connectivity index (χ1n) is 7.65. The molecule has 1 fully saturated rings. The van der Waals surface area contributed by atoms with Crippen LogP contribution in [0.25, 0.3) is 0 Å². The summed E-state index contributed by atoms with van der Waals surface area (Å²) in [6, 6.07) is 5.46. The largest absolute Gasteiger partial charge is 0.490 e. The molecule has 0 amide bonds. The lowest BCUT2D eigenvalue weighted by molar-refractivity contribution is -0.385. The molecule has 122 valence electrons. The third-order valence-electron chi connectivity index (χ3n) is 4.55. The molecule has 7 heteroatoms. The first-order chi connectivity index (χ1) is 11.1. The highest BCUT2D eigenvalue weighted by atomic mass is 16.6. The third-order valence-corrected chi connectivity index (χ3v) is 4.55. The smallest absolute Gasteiger partial charge is 0.333 e. The lowest BCUT2D eigenvalue weighted by Crippen LogP contribution is -2.40. The number of nitrogens with zero attached hydrogens (tertiary/aromatic N) is 4. The van der Waals surface area contributed by atoms with Crippen LogP contribution in [-0.4, -0.2) is 34.7 Å². The Morgan fingerprint density at radius 2 is 2.26 bits per heavy atom. The van der Waals surface area contributed by atoms with Crippen molar-refractivity contribution >= 4 is 11.4 Å². The fraction of sp³-hybridized carbons (Fsp3) is 0.438. The van der Waals surface area contributed by atoms with E-state index in [1.165, 1.54) is 7.11 Å². The van der Waals surface area contributed by atoms with Gasteiger partial charge < -0.3 is 14.2 Å². The van der Waals surface area contributed by atoms with Crippen molar-refractivity contribution in [1.29, 1.82) is 0 Å². The molecule has 0 N–H and O–H groups in total. The van der Waals surface area contributed by atoms with Crippen LogP contribution in [0.3, 0.4) is 0 Å². The summed E-state index contributed by atoms with van der Waals surface area (Å²) in [6.45, 7) is 3.72. The predicted molar refractivity (Wildman–Crippen MR) is 86.9 cm³/mol. The van der Waals surface area contributed by atoms with Crippen LogP contribution in [0.2, 0.25) is 0 Å². The number of anilines is 1. The molecule has 0 aliphatic carbocycles. The highest BCUT2D eigenvalue weighted by Gasteiger charge is 2.32. The lowest BCUT2D eigenvalue weighted by Gasteiger charge is -2.38. The van der Waals surface area contributed by atoms with Gasteiger partial charge in [-0.25, -0.2) is 4.98 Å². The maximum absolute atomic E-state index is 11.5. The molecule has 1 aromatic heterocycles. The molecule has 1 aromatic carbocycles. The van der Waals surface area contributed by atoms with E-state index >= 15 is 0 Å². The molecule has 0 radical (unpaired) electrons. The van der Waals surface area contributed by atoms with Crippen molar-refractivity contribution in [2.24, 2.45) is 5.92 Å². The highest BCUT2D eigenvalue weighted by Crippen LogP contribution is 2.40. The van der Waals surface area contributed by atoms with Crippen LogP contribution in [0, 0.1) is 16.0 Å². The van der Waals surface area contributed by atoms with Crippen LogP contribution in [0.5, 0.6) is 5.75 Å². The van der Waals surface area contributed by atoms with Crippen molar-refractivity contribution in [2.75, 3.05) is 25.1 Å². The first-order valence-corrected chi connectivity index (χ1v) is 7.65. The van der Waals surface area contributed by atoms with Crippen molar-refractivity contribution in [3.8, 4) is 5.75 Å². The zero-order valence-corrected chi connectivity index (χ0v) is 13.3. The molecule has 2 atom stereocenters. The SMILES string of the molecule is COc1cccc(N2CC[C@H](C)[C@H](n3ccnc3)C2)c1[N+](=O)[O-]. The van der Waals surface area contributed by atoms with E-state index < -0.39 is 0 Å². The lowest BCUT2D eigenvalue weighted by atomic mass is 9.92. The second-order valence-electron chi connectivity index (χ2n) is 5.87. The van der Waals surface area contributed by atoms with E-state index in [-0.39, 0.29) is 16.7 Å². The summed E-state index contributed by atoms with van der Waals surface area (Å²) < 4.78 is 7.26. The number of benzene rings is 1. The summed E-state index contributed by atoms with van der Waals surface area (Å²) in [6.07, 6.45) is 6.49. The van der Waals surface area contributed by atoms with Gasteiger partial charge in [-0.2, -0.15) is 0 Å². The number of hydrogen-bond donors (Lipinski definition) is 0. The number of piperidine rings is 1. The quantitative estimate of drug-likeness (QED) is 0.640.